The van der Waals surface area contributed by atoms with E-state index in [0.717, 1.165) is 35.4 Å². The summed E-state index contributed by atoms with van der Waals surface area (Å²) in [6.45, 7) is 8.05. The van der Waals surface area contributed by atoms with Gasteiger partial charge in [0.15, 0.2) is 0 Å². The van der Waals surface area contributed by atoms with E-state index in [1.54, 1.807) is 0 Å². The Morgan fingerprint density at radius 3 is 2.55 bits per heavy atom. The molecule has 1 amide bonds. The van der Waals surface area contributed by atoms with E-state index in [4.69, 9.17) is 9.72 Å². The summed E-state index contributed by atoms with van der Waals surface area (Å²) in [5.74, 6) is 2.08. The van der Waals surface area contributed by atoms with E-state index in [-0.39, 0.29) is 11.8 Å². The molecule has 0 atom stereocenters. The number of nitrogens with zero attached hydrogens (tertiary/aromatic N) is 2. The van der Waals surface area contributed by atoms with Crippen molar-refractivity contribution in [3.05, 3.63) is 59.9 Å². The average molecular weight is 394 g/mol. The van der Waals surface area contributed by atoms with Gasteiger partial charge in [-0.3, -0.25) is 4.79 Å². The minimum Gasteiger partial charge on any atom is -0.492 e. The number of nitrogens with one attached hydrogen (secondary N) is 1. The molecular weight excluding hydrogens is 362 g/mol. The molecule has 154 valence electrons. The van der Waals surface area contributed by atoms with Gasteiger partial charge in [0.25, 0.3) is 0 Å². The van der Waals surface area contributed by atoms with Gasteiger partial charge in [0.05, 0.1) is 17.6 Å². The Morgan fingerprint density at radius 1 is 1.10 bits per heavy atom. The fraction of sp³-hybridized carbons (Fsp3) is 0.417. The summed E-state index contributed by atoms with van der Waals surface area (Å²) in [7, 11) is 0. The third-order valence-electron chi connectivity index (χ3n) is 5.34. The standard InChI is InChI=1S/C24H31N3O2/c1-4-19(5-2)24(28)25-15-14-23-26-21-8-6-7-9-22(21)27(23)16-17-29-20-12-10-18(3)11-13-20/h6-13,19H,4-5,14-17H2,1-3H3,(H,25,28). The lowest BCUT2D eigenvalue weighted by Crippen LogP contribution is -2.32. The number of amides is 1. The summed E-state index contributed by atoms with van der Waals surface area (Å²) in [5.41, 5.74) is 3.29. The maximum Gasteiger partial charge on any atom is 0.223 e. The number of hydrogen-bond donors (Lipinski definition) is 1. The molecule has 1 N–H and O–H groups in total. The number of para-hydroxylation sites is 2. The van der Waals surface area contributed by atoms with Crippen LogP contribution in [0.2, 0.25) is 0 Å². The van der Waals surface area contributed by atoms with Crippen LogP contribution in [0.4, 0.5) is 0 Å². The minimum atomic E-state index is 0.0942. The molecule has 0 saturated heterocycles. The Kier molecular flexibility index (Phi) is 7.28. The first kappa shape index (κ1) is 20.9. The molecule has 0 unspecified atom stereocenters. The molecule has 0 bridgehead atoms. The maximum atomic E-state index is 12.2. The molecule has 5 heteroatoms. The molecule has 0 aliphatic rings. The Labute approximate surface area is 173 Å². The third-order valence-corrected chi connectivity index (χ3v) is 5.34. The SMILES string of the molecule is CCC(CC)C(=O)NCCc1nc2ccccc2n1CCOc1ccc(C)cc1. The van der Waals surface area contributed by atoms with Crippen molar-refractivity contribution in [2.45, 2.75) is 46.6 Å². The van der Waals surface area contributed by atoms with Crippen molar-refractivity contribution in [1.29, 1.82) is 0 Å². The van der Waals surface area contributed by atoms with Crippen LogP contribution in [0.5, 0.6) is 5.75 Å². The molecule has 0 fully saturated rings. The number of ether oxygens (including phenoxy) is 1. The lowest BCUT2D eigenvalue weighted by molar-refractivity contribution is -0.125. The van der Waals surface area contributed by atoms with E-state index in [1.807, 2.05) is 30.3 Å². The molecule has 2 aromatic carbocycles. The van der Waals surface area contributed by atoms with Crippen LogP contribution < -0.4 is 10.1 Å². The number of hydrogen-bond acceptors (Lipinski definition) is 3. The second-order valence-electron chi connectivity index (χ2n) is 7.38. The van der Waals surface area contributed by atoms with Gasteiger partial charge in [-0.1, -0.05) is 43.7 Å². The monoisotopic (exact) mass is 393 g/mol. The molecule has 1 heterocycles. The van der Waals surface area contributed by atoms with Gasteiger partial charge < -0.3 is 14.6 Å². The van der Waals surface area contributed by atoms with Gasteiger partial charge in [0, 0.05) is 18.9 Å². The van der Waals surface area contributed by atoms with E-state index < -0.39 is 0 Å². The van der Waals surface area contributed by atoms with E-state index in [0.29, 0.717) is 26.1 Å². The topological polar surface area (TPSA) is 56.2 Å². The molecule has 5 nitrogen and oxygen atoms in total. The zero-order valence-corrected chi connectivity index (χ0v) is 17.6. The van der Waals surface area contributed by atoms with Crippen LogP contribution in [0.25, 0.3) is 11.0 Å². The van der Waals surface area contributed by atoms with Crippen molar-refractivity contribution in [3.63, 3.8) is 0 Å². The first-order chi connectivity index (χ1) is 14.1. The molecule has 3 aromatic rings. The van der Waals surface area contributed by atoms with Crippen LogP contribution in [0.1, 0.15) is 38.1 Å². The molecule has 3 rings (SSSR count). The minimum absolute atomic E-state index is 0.0942. The normalized spacial score (nSPS) is 11.2. The van der Waals surface area contributed by atoms with Crippen LogP contribution in [0, 0.1) is 12.8 Å². The Morgan fingerprint density at radius 2 is 1.83 bits per heavy atom. The summed E-state index contributed by atoms with van der Waals surface area (Å²) in [6.07, 6.45) is 2.44. The molecule has 0 spiro atoms. The highest BCUT2D eigenvalue weighted by Gasteiger charge is 2.15. The van der Waals surface area contributed by atoms with Crippen molar-refractivity contribution in [3.8, 4) is 5.75 Å². The van der Waals surface area contributed by atoms with Crippen molar-refractivity contribution >= 4 is 16.9 Å². The molecule has 0 saturated carbocycles. The zero-order chi connectivity index (χ0) is 20.6. The summed E-state index contributed by atoms with van der Waals surface area (Å²) in [5, 5.41) is 3.07. The number of imidazole rings is 1. The number of benzene rings is 2. The summed E-state index contributed by atoms with van der Waals surface area (Å²) in [4.78, 5) is 17.0. The average Bonchev–Trinajstić information content (AvgIpc) is 3.08. The summed E-state index contributed by atoms with van der Waals surface area (Å²) >= 11 is 0. The van der Waals surface area contributed by atoms with Crippen LogP contribution >= 0.6 is 0 Å². The maximum absolute atomic E-state index is 12.2. The fourth-order valence-electron chi connectivity index (χ4n) is 3.56. The summed E-state index contributed by atoms with van der Waals surface area (Å²) in [6, 6.07) is 16.2. The highest BCUT2D eigenvalue weighted by molar-refractivity contribution is 5.78. The predicted molar refractivity (Wildman–Crippen MR) is 117 cm³/mol. The highest BCUT2D eigenvalue weighted by Crippen LogP contribution is 2.17. The molecule has 0 radical (unpaired) electrons. The van der Waals surface area contributed by atoms with Crippen LogP contribution in [-0.4, -0.2) is 28.6 Å². The molecule has 1 aromatic heterocycles. The predicted octanol–water partition coefficient (Wildman–Crippen LogP) is 4.52. The summed E-state index contributed by atoms with van der Waals surface area (Å²) < 4.78 is 8.12. The van der Waals surface area contributed by atoms with E-state index >= 15 is 0 Å². The molecule has 29 heavy (non-hydrogen) atoms. The van der Waals surface area contributed by atoms with Gasteiger partial charge in [0.2, 0.25) is 5.91 Å². The number of carbonyl (C=O) groups excluding carboxylic acids is 1. The largest absolute Gasteiger partial charge is 0.492 e. The second kappa shape index (κ2) is 10.1. The quantitative estimate of drug-likeness (QED) is 0.551. The van der Waals surface area contributed by atoms with Gasteiger partial charge >= 0.3 is 0 Å². The Hall–Kier alpha value is -2.82. The van der Waals surface area contributed by atoms with Gasteiger partial charge in [-0.25, -0.2) is 4.98 Å². The number of aryl methyl sites for hydroxylation is 1. The molecular formula is C24H31N3O2. The van der Waals surface area contributed by atoms with Gasteiger partial charge in [-0.2, -0.15) is 0 Å². The molecule has 0 aliphatic heterocycles. The van der Waals surface area contributed by atoms with Gasteiger partial charge in [0.1, 0.15) is 18.2 Å². The highest BCUT2D eigenvalue weighted by atomic mass is 16.5. The first-order valence-corrected chi connectivity index (χ1v) is 10.5. The third kappa shape index (κ3) is 5.37. The van der Waals surface area contributed by atoms with Crippen LogP contribution in [-0.2, 0) is 17.8 Å². The number of fused-ring (bicyclic) bond motifs is 1. The van der Waals surface area contributed by atoms with Crippen molar-refractivity contribution in [2.24, 2.45) is 5.92 Å². The van der Waals surface area contributed by atoms with Crippen LogP contribution in [0.15, 0.2) is 48.5 Å². The van der Waals surface area contributed by atoms with E-state index in [2.05, 4.69) is 48.9 Å². The van der Waals surface area contributed by atoms with Crippen molar-refractivity contribution < 1.29 is 9.53 Å². The fourth-order valence-corrected chi connectivity index (χ4v) is 3.56. The zero-order valence-electron chi connectivity index (χ0n) is 17.6. The lowest BCUT2D eigenvalue weighted by atomic mass is 10.0. The molecule has 0 aliphatic carbocycles. The van der Waals surface area contributed by atoms with E-state index in [9.17, 15) is 4.79 Å². The van der Waals surface area contributed by atoms with Crippen molar-refractivity contribution in [1.82, 2.24) is 14.9 Å². The Bertz CT molecular complexity index is 927. The lowest BCUT2D eigenvalue weighted by Gasteiger charge is -2.14. The number of aromatic nitrogens is 2. The Balaban J connectivity index is 1.65. The number of carbonyl (C=O) groups is 1. The first-order valence-electron chi connectivity index (χ1n) is 10.5. The van der Waals surface area contributed by atoms with Crippen molar-refractivity contribution in [2.75, 3.05) is 13.2 Å². The second-order valence-corrected chi connectivity index (χ2v) is 7.38. The van der Waals surface area contributed by atoms with Gasteiger partial charge in [-0.15, -0.1) is 0 Å². The van der Waals surface area contributed by atoms with E-state index in [1.165, 1.54) is 5.56 Å². The van der Waals surface area contributed by atoms with Gasteiger partial charge in [-0.05, 0) is 44.0 Å². The smallest absolute Gasteiger partial charge is 0.223 e. The van der Waals surface area contributed by atoms with Crippen LogP contribution in [0.3, 0.4) is 0 Å². The number of rotatable bonds is 10.